The topological polar surface area (TPSA) is 48.0 Å². The summed E-state index contributed by atoms with van der Waals surface area (Å²) in [5.74, 6) is -0.390. The van der Waals surface area contributed by atoms with Gasteiger partial charge in [0, 0.05) is 6.20 Å². The van der Waals surface area contributed by atoms with Crippen molar-refractivity contribution in [2.24, 2.45) is 0 Å². The zero-order valence-electron chi connectivity index (χ0n) is 5.32. The summed E-state index contributed by atoms with van der Waals surface area (Å²) in [4.78, 5) is 14.9. The average molecular weight is 262 g/mol. The third-order valence-electron chi connectivity index (χ3n) is 1.29. The molecule has 0 aliphatic rings. The molecular formula is C6H3IN2O2. The van der Waals surface area contributed by atoms with Gasteiger partial charge in [-0.1, -0.05) is 0 Å². The number of hydrogen-bond donors (Lipinski definition) is 0. The molecule has 5 heteroatoms. The van der Waals surface area contributed by atoms with Crippen molar-refractivity contribution in [3.63, 3.8) is 0 Å². The van der Waals surface area contributed by atoms with Crippen LogP contribution in [0.1, 0.15) is 0 Å². The van der Waals surface area contributed by atoms with Crippen molar-refractivity contribution in [3.05, 3.63) is 28.9 Å². The number of pyridine rings is 1. The van der Waals surface area contributed by atoms with Crippen LogP contribution < -0.4 is 5.76 Å². The van der Waals surface area contributed by atoms with Gasteiger partial charge in [0.05, 0.1) is 22.9 Å². The zero-order valence-corrected chi connectivity index (χ0v) is 7.48. The normalized spacial score (nSPS) is 10.6. The Labute approximate surface area is 75.3 Å². The van der Waals surface area contributed by atoms with Crippen LogP contribution in [-0.2, 0) is 0 Å². The van der Waals surface area contributed by atoms with Gasteiger partial charge in [-0.05, 0) is 12.1 Å². The molecule has 0 aliphatic carbocycles. The van der Waals surface area contributed by atoms with Crippen molar-refractivity contribution in [1.29, 1.82) is 0 Å². The van der Waals surface area contributed by atoms with E-state index in [4.69, 9.17) is 4.42 Å². The quantitative estimate of drug-likeness (QED) is 0.670. The molecule has 56 valence electrons. The van der Waals surface area contributed by atoms with Gasteiger partial charge in [-0.2, -0.15) is 2.78 Å². The van der Waals surface area contributed by atoms with Gasteiger partial charge in [0.1, 0.15) is 0 Å². The molecule has 0 bridgehead atoms. The standard InChI is InChI=1S/C6H3IN2O2/c7-9-5-4(11-6(9)10)2-1-3-8-5/h1-3H. The van der Waals surface area contributed by atoms with Crippen molar-refractivity contribution in [2.75, 3.05) is 0 Å². The second-order valence-electron chi connectivity index (χ2n) is 1.97. The van der Waals surface area contributed by atoms with Crippen molar-refractivity contribution in [1.82, 2.24) is 7.76 Å². The minimum atomic E-state index is -0.390. The summed E-state index contributed by atoms with van der Waals surface area (Å²) in [6, 6.07) is 3.43. The smallest absolute Gasteiger partial charge is 0.405 e. The fourth-order valence-electron chi connectivity index (χ4n) is 0.830. The van der Waals surface area contributed by atoms with E-state index in [0.29, 0.717) is 11.2 Å². The summed E-state index contributed by atoms with van der Waals surface area (Å²) in [6.07, 6.45) is 1.62. The summed E-state index contributed by atoms with van der Waals surface area (Å²) in [6.45, 7) is 0. The molecule has 0 radical (unpaired) electrons. The van der Waals surface area contributed by atoms with Crippen LogP contribution in [-0.4, -0.2) is 7.76 Å². The molecule has 0 aliphatic heterocycles. The van der Waals surface area contributed by atoms with Crippen molar-refractivity contribution in [2.45, 2.75) is 0 Å². The van der Waals surface area contributed by atoms with Crippen LogP contribution in [0.2, 0.25) is 0 Å². The second-order valence-corrected chi connectivity index (χ2v) is 2.94. The number of rotatable bonds is 0. The first kappa shape index (κ1) is 6.84. The number of fused-ring (bicyclic) bond motifs is 1. The first-order chi connectivity index (χ1) is 5.29. The van der Waals surface area contributed by atoms with E-state index in [0.717, 1.165) is 0 Å². The maximum atomic E-state index is 10.9. The van der Waals surface area contributed by atoms with Crippen molar-refractivity contribution in [3.8, 4) is 0 Å². The summed E-state index contributed by atoms with van der Waals surface area (Å²) in [7, 11) is 0. The molecule has 0 fully saturated rings. The van der Waals surface area contributed by atoms with Crippen LogP contribution in [0.15, 0.2) is 27.5 Å². The monoisotopic (exact) mass is 262 g/mol. The molecule has 2 aromatic heterocycles. The lowest BCUT2D eigenvalue weighted by Crippen LogP contribution is -2.02. The Morgan fingerprint density at radius 3 is 3.18 bits per heavy atom. The van der Waals surface area contributed by atoms with Gasteiger partial charge >= 0.3 is 5.76 Å². The minimum Gasteiger partial charge on any atom is -0.405 e. The number of nitrogens with zero attached hydrogens (tertiary/aromatic N) is 2. The van der Waals surface area contributed by atoms with Crippen LogP contribution in [0.25, 0.3) is 11.2 Å². The molecule has 0 amide bonds. The van der Waals surface area contributed by atoms with E-state index in [2.05, 4.69) is 4.98 Å². The molecule has 11 heavy (non-hydrogen) atoms. The predicted octanol–water partition coefficient (Wildman–Crippen LogP) is 1.19. The summed E-state index contributed by atoms with van der Waals surface area (Å²) < 4.78 is 6.18. The lowest BCUT2D eigenvalue weighted by molar-refractivity contribution is 0.553. The van der Waals surface area contributed by atoms with Crippen LogP contribution in [0.5, 0.6) is 0 Å². The first-order valence-corrected chi connectivity index (χ1v) is 3.88. The molecule has 0 N–H and O–H groups in total. The third kappa shape index (κ3) is 0.953. The lowest BCUT2D eigenvalue weighted by Gasteiger charge is -1.84. The average Bonchev–Trinajstić information content (AvgIpc) is 2.30. The number of hydrogen-bond acceptors (Lipinski definition) is 3. The Balaban J connectivity index is 3.04. The number of oxazole rings is 1. The maximum Gasteiger partial charge on any atom is 0.430 e. The highest BCUT2D eigenvalue weighted by Crippen LogP contribution is 2.09. The van der Waals surface area contributed by atoms with Gasteiger partial charge in [0.25, 0.3) is 0 Å². The molecule has 2 heterocycles. The Kier molecular flexibility index (Phi) is 1.45. The minimum absolute atomic E-state index is 0.390. The van der Waals surface area contributed by atoms with Gasteiger partial charge in [0.15, 0.2) is 11.2 Å². The van der Waals surface area contributed by atoms with E-state index in [9.17, 15) is 4.79 Å². The van der Waals surface area contributed by atoms with Crippen LogP contribution in [0, 0.1) is 0 Å². The summed E-state index contributed by atoms with van der Waals surface area (Å²) in [5, 5.41) is 0. The second kappa shape index (κ2) is 2.33. The maximum absolute atomic E-state index is 10.9. The largest absolute Gasteiger partial charge is 0.430 e. The van der Waals surface area contributed by atoms with E-state index < -0.39 is 0 Å². The third-order valence-corrected chi connectivity index (χ3v) is 2.15. The van der Waals surface area contributed by atoms with E-state index in [1.807, 2.05) is 22.9 Å². The first-order valence-electron chi connectivity index (χ1n) is 2.92. The van der Waals surface area contributed by atoms with E-state index in [1.165, 1.54) is 2.78 Å². The van der Waals surface area contributed by atoms with Gasteiger partial charge in [-0.3, -0.25) is 0 Å². The summed E-state index contributed by atoms with van der Waals surface area (Å²) >= 11 is 1.85. The molecule has 0 aromatic carbocycles. The molecule has 0 saturated carbocycles. The number of aromatic nitrogens is 2. The molecule has 2 rings (SSSR count). The Morgan fingerprint density at radius 2 is 2.45 bits per heavy atom. The molecule has 0 spiro atoms. The number of halogens is 1. The van der Waals surface area contributed by atoms with Crippen molar-refractivity contribution < 1.29 is 4.42 Å². The van der Waals surface area contributed by atoms with Crippen LogP contribution in [0.4, 0.5) is 0 Å². The molecule has 0 saturated heterocycles. The predicted molar refractivity (Wildman–Crippen MR) is 47.7 cm³/mol. The van der Waals surface area contributed by atoms with E-state index >= 15 is 0 Å². The highest BCUT2D eigenvalue weighted by atomic mass is 127. The fourth-order valence-corrected chi connectivity index (χ4v) is 1.29. The zero-order chi connectivity index (χ0) is 7.84. The van der Waals surface area contributed by atoms with Crippen LogP contribution >= 0.6 is 22.9 Å². The highest BCUT2D eigenvalue weighted by Gasteiger charge is 2.05. The van der Waals surface area contributed by atoms with E-state index in [1.54, 1.807) is 18.3 Å². The molecular weight excluding hydrogens is 259 g/mol. The Morgan fingerprint density at radius 1 is 1.64 bits per heavy atom. The Bertz CT molecular complexity index is 445. The molecule has 4 nitrogen and oxygen atoms in total. The lowest BCUT2D eigenvalue weighted by atomic mass is 10.5. The fraction of sp³-hybridized carbons (Fsp3) is 0. The summed E-state index contributed by atoms with van der Waals surface area (Å²) in [5.41, 5.74) is 1.09. The SMILES string of the molecule is O=c1oc2cccnc2n1I. The molecule has 0 atom stereocenters. The van der Waals surface area contributed by atoms with E-state index in [-0.39, 0.29) is 5.76 Å². The highest BCUT2D eigenvalue weighted by molar-refractivity contribution is 14.1. The van der Waals surface area contributed by atoms with Gasteiger partial charge in [-0.25, -0.2) is 9.78 Å². The molecule has 2 aromatic rings. The Hall–Kier alpha value is -0.850. The van der Waals surface area contributed by atoms with Crippen molar-refractivity contribution >= 4 is 34.1 Å². The van der Waals surface area contributed by atoms with Gasteiger partial charge < -0.3 is 4.42 Å². The van der Waals surface area contributed by atoms with Crippen LogP contribution in [0.3, 0.4) is 0 Å². The van der Waals surface area contributed by atoms with Gasteiger partial charge in [0.2, 0.25) is 0 Å². The van der Waals surface area contributed by atoms with Gasteiger partial charge in [-0.15, -0.1) is 0 Å². The molecule has 0 unspecified atom stereocenters.